The summed E-state index contributed by atoms with van der Waals surface area (Å²) in [5.74, 6) is 0. The minimum Gasteiger partial charge on any atom is -0.201 e. The molecule has 23 heavy (non-hydrogen) atoms. The molecular formula is C22H24N+. The molecule has 0 aliphatic heterocycles. The van der Waals surface area contributed by atoms with E-state index in [2.05, 4.69) is 0 Å². The molecule has 0 radical (unpaired) electrons. The fraction of sp³-hybridized carbons (Fsp3) is 0.227. The van der Waals surface area contributed by atoms with E-state index >= 15 is 0 Å². The normalized spacial score (nSPS) is 18.3. The Morgan fingerprint density at radius 2 is 1.61 bits per heavy atom. The zero-order valence-electron chi connectivity index (χ0n) is 22.1. The Balaban J connectivity index is 2.41. The van der Waals surface area contributed by atoms with Crippen LogP contribution < -0.4 is 4.57 Å². The van der Waals surface area contributed by atoms with E-state index in [9.17, 15) is 0 Å². The summed E-state index contributed by atoms with van der Waals surface area (Å²) in [6.07, 6.45) is 1.49. The Bertz CT molecular complexity index is 1160. The first-order valence-corrected chi connectivity index (χ1v) is 7.36. The number of hydrogen-bond acceptors (Lipinski definition) is 0. The van der Waals surface area contributed by atoms with Crippen LogP contribution in [0.4, 0.5) is 0 Å². The number of rotatable bonds is 2. The highest BCUT2D eigenvalue weighted by atomic mass is 14.9. The lowest BCUT2D eigenvalue weighted by molar-refractivity contribution is -0.660. The van der Waals surface area contributed by atoms with E-state index in [1.165, 1.54) is 18.3 Å². The van der Waals surface area contributed by atoms with Crippen LogP contribution in [-0.2, 0) is 7.05 Å². The molecule has 0 unspecified atom stereocenters. The molecule has 0 N–H and O–H groups in total. The minimum absolute atomic E-state index is 0.00975. The summed E-state index contributed by atoms with van der Waals surface area (Å²) in [6, 6.07) is 13.2. The lowest BCUT2D eigenvalue weighted by Crippen LogP contribution is -2.31. The maximum absolute atomic E-state index is 8.03. The molecule has 1 aromatic heterocycles. The van der Waals surface area contributed by atoms with Crippen molar-refractivity contribution in [1.82, 2.24) is 0 Å². The van der Waals surface area contributed by atoms with Crippen molar-refractivity contribution >= 4 is 0 Å². The summed E-state index contributed by atoms with van der Waals surface area (Å²) >= 11 is 0. The Labute approximate surface area is 151 Å². The van der Waals surface area contributed by atoms with E-state index in [1.807, 2.05) is 31.2 Å². The fourth-order valence-corrected chi connectivity index (χ4v) is 2.78. The van der Waals surface area contributed by atoms with Crippen LogP contribution in [0.2, 0.25) is 0 Å². The van der Waals surface area contributed by atoms with Crippen molar-refractivity contribution in [2.75, 3.05) is 0 Å². The smallest absolute Gasteiger partial charge is 0.201 e. The molecule has 0 bridgehead atoms. The molecule has 0 aliphatic carbocycles. The van der Waals surface area contributed by atoms with Gasteiger partial charge in [-0.15, -0.1) is 0 Å². The molecule has 116 valence electrons. The number of pyridine rings is 1. The first kappa shape index (κ1) is 7.92. The highest BCUT2D eigenvalue weighted by Crippen LogP contribution is 2.30. The standard InChI is InChI=1S/C22H24N/c1-15-10-11-19(17(3)12-15)21-13-22(23(5)14-18(21)4)20-9-7-6-8-16(20)2/h6-14H,1-5H3/q+1/i1D3,3D3,4D3. The molecule has 3 aromatic rings. The van der Waals surface area contributed by atoms with E-state index in [4.69, 9.17) is 12.3 Å². The maximum Gasteiger partial charge on any atom is 0.213 e. The van der Waals surface area contributed by atoms with Gasteiger partial charge in [0, 0.05) is 29.5 Å². The fourth-order valence-electron chi connectivity index (χ4n) is 2.78. The van der Waals surface area contributed by atoms with E-state index in [1.54, 1.807) is 17.7 Å². The molecule has 1 nitrogen and oxygen atoms in total. The number of hydrogen-bond donors (Lipinski definition) is 0. The van der Waals surface area contributed by atoms with Gasteiger partial charge in [-0.3, -0.25) is 0 Å². The largest absolute Gasteiger partial charge is 0.213 e. The average Bonchev–Trinajstić information content (AvgIpc) is 2.66. The summed E-state index contributed by atoms with van der Waals surface area (Å²) in [4.78, 5) is 0. The van der Waals surface area contributed by atoms with E-state index < -0.39 is 20.6 Å². The van der Waals surface area contributed by atoms with Crippen LogP contribution in [0.1, 0.15) is 34.6 Å². The quantitative estimate of drug-likeness (QED) is 0.581. The summed E-state index contributed by atoms with van der Waals surface area (Å²) in [5, 5.41) is 0. The second kappa shape index (κ2) is 6.00. The van der Waals surface area contributed by atoms with Gasteiger partial charge >= 0.3 is 0 Å². The summed E-state index contributed by atoms with van der Waals surface area (Å²) in [6.45, 7) is -5.69. The predicted octanol–water partition coefficient (Wildman–Crippen LogP) is 5.08. The van der Waals surface area contributed by atoms with Gasteiger partial charge in [0.25, 0.3) is 0 Å². The van der Waals surface area contributed by atoms with Crippen molar-refractivity contribution < 1.29 is 16.9 Å². The first-order chi connectivity index (χ1) is 14.6. The SMILES string of the molecule is [2H]C([2H])([2H])c1ccc(-c2cc(-c3ccccc3C)[n+](C)cc2C([2H])([2H])[2H])c(C([2H])([2H])[2H])c1. The van der Waals surface area contributed by atoms with Gasteiger partial charge < -0.3 is 0 Å². The van der Waals surface area contributed by atoms with Crippen molar-refractivity contribution in [3.8, 4) is 22.4 Å². The molecular weight excluding hydrogens is 278 g/mol. The third kappa shape index (κ3) is 2.92. The lowest BCUT2D eigenvalue weighted by Gasteiger charge is -2.12. The van der Waals surface area contributed by atoms with Crippen LogP contribution >= 0.6 is 0 Å². The monoisotopic (exact) mass is 311 g/mol. The average molecular weight is 311 g/mol. The van der Waals surface area contributed by atoms with Crippen LogP contribution in [0.5, 0.6) is 0 Å². The van der Waals surface area contributed by atoms with Gasteiger partial charge in [0.2, 0.25) is 5.69 Å². The Morgan fingerprint density at radius 3 is 2.35 bits per heavy atom. The first-order valence-electron chi connectivity index (χ1n) is 11.9. The van der Waals surface area contributed by atoms with Crippen molar-refractivity contribution in [3.63, 3.8) is 0 Å². The summed E-state index contributed by atoms with van der Waals surface area (Å²) < 4.78 is 72.7. The predicted molar refractivity (Wildman–Crippen MR) is 97.4 cm³/mol. The van der Waals surface area contributed by atoms with E-state index in [0.29, 0.717) is 5.69 Å². The number of benzene rings is 2. The Hall–Kier alpha value is -2.41. The molecule has 0 spiro atoms. The molecule has 2 aromatic carbocycles. The topological polar surface area (TPSA) is 3.88 Å². The van der Waals surface area contributed by atoms with Gasteiger partial charge in [-0.05, 0) is 55.8 Å². The third-order valence-corrected chi connectivity index (χ3v) is 4.00. The van der Waals surface area contributed by atoms with Crippen LogP contribution in [0.3, 0.4) is 0 Å². The molecule has 0 atom stereocenters. The van der Waals surface area contributed by atoms with Crippen LogP contribution in [-0.4, -0.2) is 0 Å². The van der Waals surface area contributed by atoms with Crippen molar-refractivity contribution in [2.45, 2.75) is 27.5 Å². The molecule has 0 amide bonds. The molecule has 0 saturated carbocycles. The Morgan fingerprint density at radius 1 is 0.783 bits per heavy atom. The van der Waals surface area contributed by atoms with Gasteiger partial charge in [-0.25, -0.2) is 4.57 Å². The van der Waals surface area contributed by atoms with Gasteiger partial charge in [0.15, 0.2) is 6.20 Å². The molecule has 1 heteroatoms. The highest BCUT2D eigenvalue weighted by Gasteiger charge is 2.17. The molecule has 0 fully saturated rings. The summed E-state index contributed by atoms with van der Waals surface area (Å²) in [5.41, 5.74) is 2.67. The molecule has 3 rings (SSSR count). The van der Waals surface area contributed by atoms with Gasteiger partial charge in [0.1, 0.15) is 7.05 Å². The van der Waals surface area contributed by atoms with Crippen molar-refractivity contribution in [2.24, 2.45) is 7.05 Å². The number of aromatic nitrogens is 1. The second-order valence-electron chi connectivity index (χ2n) is 5.67. The lowest BCUT2D eigenvalue weighted by atomic mass is 9.94. The summed E-state index contributed by atoms with van der Waals surface area (Å²) in [7, 11) is 1.74. The highest BCUT2D eigenvalue weighted by molar-refractivity contribution is 5.74. The van der Waals surface area contributed by atoms with Gasteiger partial charge in [-0.2, -0.15) is 0 Å². The molecule has 1 heterocycles. The number of nitrogens with zero attached hydrogens (tertiary/aromatic N) is 1. The van der Waals surface area contributed by atoms with Crippen molar-refractivity contribution in [1.29, 1.82) is 0 Å². The maximum atomic E-state index is 8.03. The van der Waals surface area contributed by atoms with E-state index in [-0.39, 0.29) is 27.8 Å². The van der Waals surface area contributed by atoms with E-state index in [0.717, 1.165) is 17.2 Å². The van der Waals surface area contributed by atoms with Crippen LogP contribution in [0.15, 0.2) is 54.7 Å². The van der Waals surface area contributed by atoms with Crippen LogP contribution in [0.25, 0.3) is 22.4 Å². The second-order valence-corrected chi connectivity index (χ2v) is 5.67. The van der Waals surface area contributed by atoms with Crippen molar-refractivity contribution in [3.05, 3.63) is 77.0 Å². The van der Waals surface area contributed by atoms with Gasteiger partial charge in [0.05, 0.1) is 0 Å². The zero-order valence-corrected chi connectivity index (χ0v) is 13.1. The zero-order chi connectivity index (χ0) is 24.1. The molecule has 0 aliphatic rings. The third-order valence-electron chi connectivity index (χ3n) is 4.00. The minimum atomic E-state index is -2.64. The number of aryl methyl sites for hydroxylation is 5. The van der Waals surface area contributed by atoms with Crippen LogP contribution in [0, 0.1) is 27.5 Å². The molecule has 0 saturated heterocycles. The Kier molecular flexibility index (Phi) is 2.07. The van der Waals surface area contributed by atoms with Gasteiger partial charge in [-0.1, -0.05) is 42.0 Å².